The third kappa shape index (κ3) is 20.1. The molecule has 0 aromatic carbocycles. The van der Waals surface area contributed by atoms with E-state index in [1.54, 1.807) is 6.07 Å². The first-order valence-corrected chi connectivity index (χ1v) is 10.7. The largest absolute Gasteiger partial charge is 0.481 e. The summed E-state index contributed by atoms with van der Waals surface area (Å²) in [5.74, 6) is -1.61. The fraction of sp³-hybridized carbons (Fsp3) is 0.542. The van der Waals surface area contributed by atoms with Gasteiger partial charge in [0.05, 0.1) is 5.56 Å². The molecule has 0 aliphatic rings. The molecule has 0 saturated heterocycles. The summed E-state index contributed by atoms with van der Waals surface area (Å²) in [6.45, 7) is 2.23. The lowest BCUT2D eigenvalue weighted by Crippen LogP contribution is -1.94. The third-order valence-electron chi connectivity index (χ3n) is 4.25. The van der Waals surface area contributed by atoms with Crippen molar-refractivity contribution in [2.45, 2.75) is 84.0 Å². The number of hydrogen-bond donors (Lipinski definition) is 2. The summed E-state index contributed by atoms with van der Waals surface area (Å²) in [5.41, 5.74) is 0.220. The molecule has 162 valence electrons. The van der Waals surface area contributed by atoms with Crippen molar-refractivity contribution < 1.29 is 19.8 Å². The van der Waals surface area contributed by atoms with Crippen LogP contribution in [0.4, 0.5) is 0 Å². The molecule has 0 saturated carbocycles. The Kier molecular flexibility index (Phi) is 18.6. The minimum absolute atomic E-state index is 0.220. The van der Waals surface area contributed by atoms with E-state index in [-0.39, 0.29) is 5.56 Å². The number of rotatable bonds is 15. The number of unbranched alkanes of at least 4 members (excludes halogenated alkanes) is 8. The van der Waals surface area contributed by atoms with Gasteiger partial charge in [-0.1, -0.05) is 63.3 Å². The number of nitrogens with zero attached hydrogens (tertiary/aromatic N) is 1. The highest BCUT2D eigenvalue weighted by Crippen LogP contribution is 2.08. The van der Waals surface area contributed by atoms with Crippen molar-refractivity contribution in [2.75, 3.05) is 0 Å². The van der Waals surface area contributed by atoms with Crippen molar-refractivity contribution in [3.63, 3.8) is 0 Å². The summed E-state index contributed by atoms with van der Waals surface area (Å²) in [6.07, 6.45) is 25.1. The second-order valence-corrected chi connectivity index (χ2v) is 6.92. The fourth-order valence-electron chi connectivity index (χ4n) is 2.58. The standard InChI is InChI=1S/C18H32O2.C6H5NO2/c1-2-3-4-5-6-7-8-9-10-11-12-13-14-15-16-17-18(19)20;8-6(9)5-2-1-3-7-4-5/h6-7,9-10H,2-5,8,11-17H2,1H3,(H,19,20);1-4H,(H,8,9)/b7-6-,10-9-;. The Morgan fingerprint density at radius 1 is 0.897 bits per heavy atom. The number of aliphatic carboxylic acids is 1. The number of carbonyl (C=O) groups is 2. The predicted octanol–water partition coefficient (Wildman–Crippen LogP) is 6.66. The van der Waals surface area contributed by atoms with Crippen LogP contribution in [0.1, 0.15) is 94.3 Å². The molecular formula is C24H37NO4. The van der Waals surface area contributed by atoms with Gasteiger partial charge in [0.25, 0.3) is 0 Å². The van der Waals surface area contributed by atoms with E-state index in [1.807, 2.05) is 0 Å². The molecule has 1 rings (SSSR count). The molecule has 0 unspecified atom stereocenters. The van der Waals surface area contributed by atoms with E-state index in [1.165, 1.54) is 63.4 Å². The monoisotopic (exact) mass is 403 g/mol. The highest BCUT2D eigenvalue weighted by Gasteiger charge is 1.98. The highest BCUT2D eigenvalue weighted by atomic mass is 16.4. The average molecular weight is 404 g/mol. The van der Waals surface area contributed by atoms with Crippen molar-refractivity contribution in [3.8, 4) is 0 Å². The Morgan fingerprint density at radius 2 is 1.52 bits per heavy atom. The zero-order chi connectivity index (χ0) is 21.6. The number of aromatic nitrogens is 1. The molecule has 0 amide bonds. The number of allylic oxidation sites excluding steroid dienone is 4. The van der Waals surface area contributed by atoms with Crippen LogP contribution >= 0.6 is 0 Å². The zero-order valence-electron chi connectivity index (χ0n) is 17.8. The molecule has 1 heterocycles. The Labute approximate surface area is 175 Å². The van der Waals surface area contributed by atoms with Crippen LogP contribution in [0.25, 0.3) is 0 Å². The maximum atomic E-state index is 10.3. The Balaban J connectivity index is 0.000000717. The minimum atomic E-state index is -0.942. The normalized spacial score (nSPS) is 10.8. The summed E-state index contributed by atoms with van der Waals surface area (Å²) in [6, 6.07) is 3.08. The van der Waals surface area contributed by atoms with Crippen LogP contribution in [-0.2, 0) is 4.79 Å². The van der Waals surface area contributed by atoms with E-state index in [0.29, 0.717) is 6.42 Å². The van der Waals surface area contributed by atoms with Gasteiger partial charge in [0.15, 0.2) is 0 Å². The van der Waals surface area contributed by atoms with Gasteiger partial charge in [0.2, 0.25) is 0 Å². The van der Waals surface area contributed by atoms with Crippen LogP contribution < -0.4 is 0 Å². The van der Waals surface area contributed by atoms with E-state index < -0.39 is 11.9 Å². The molecule has 0 bridgehead atoms. The molecule has 5 heteroatoms. The van der Waals surface area contributed by atoms with Gasteiger partial charge in [-0.3, -0.25) is 9.78 Å². The molecule has 1 aromatic rings. The van der Waals surface area contributed by atoms with Crippen molar-refractivity contribution in [1.82, 2.24) is 4.98 Å². The van der Waals surface area contributed by atoms with Gasteiger partial charge in [-0.15, -0.1) is 0 Å². The molecule has 2 N–H and O–H groups in total. The zero-order valence-corrected chi connectivity index (χ0v) is 17.8. The number of hydrogen-bond acceptors (Lipinski definition) is 3. The molecule has 1 aromatic heterocycles. The number of carboxylic acid groups (broad SMARTS) is 2. The number of pyridine rings is 1. The summed E-state index contributed by atoms with van der Waals surface area (Å²) < 4.78 is 0. The van der Waals surface area contributed by atoms with Crippen LogP contribution in [0.2, 0.25) is 0 Å². The SMILES string of the molecule is CCCCC/C=C\C/C=C\CCCCCCCC(=O)O.O=C(O)c1cccnc1. The average Bonchev–Trinajstić information content (AvgIpc) is 2.72. The van der Waals surface area contributed by atoms with E-state index in [2.05, 4.69) is 36.2 Å². The van der Waals surface area contributed by atoms with E-state index in [9.17, 15) is 9.59 Å². The molecule has 29 heavy (non-hydrogen) atoms. The van der Waals surface area contributed by atoms with Gasteiger partial charge in [-0.05, 0) is 50.7 Å². The molecule has 0 atom stereocenters. The quantitative estimate of drug-likeness (QED) is 0.252. The first-order chi connectivity index (χ1) is 14.1. The molecule has 0 aliphatic heterocycles. The van der Waals surface area contributed by atoms with Crippen molar-refractivity contribution in [3.05, 3.63) is 54.4 Å². The van der Waals surface area contributed by atoms with E-state index in [4.69, 9.17) is 10.2 Å². The highest BCUT2D eigenvalue weighted by molar-refractivity contribution is 5.86. The molecule has 0 aliphatic carbocycles. The smallest absolute Gasteiger partial charge is 0.337 e. The lowest BCUT2D eigenvalue weighted by Gasteiger charge is -1.98. The molecule has 5 nitrogen and oxygen atoms in total. The maximum absolute atomic E-state index is 10.3. The number of carboxylic acids is 2. The Hall–Kier alpha value is -2.43. The lowest BCUT2D eigenvalue weighted by atomic mass is 10.1. The van der Waals surface area contributed by atoms with Crippen LogP contribution in [0.3, 0.4) is 0 Å². The van der Waals surface area contributed by atoms with Crippen LogP contribution in [0.15, 0.2) is 48.8 Å². The lowest BCUT2D eigenvalue weighted by molar-refractivity contribution is -0.137. The second-order valence-electron chi connectivity index (χ2n) is 6.92. The van der Waals surface area contributed by atoms with Gasteiger partial charge in [-0.2, -0.15) is 0 Å². The number of aromatic carboxylic acids is 1. The van der Waals surface area contributed by atoms with Gasteiger partial charge in [0.1, 0.15) is 0 Å². The van der Waals surface area contributed by atoms with Gasteiger partial charge in [0, 0.05) is 18.8 Å². The molecule has 0 spiro atoms. The van der Waals surface area contributed by atoms with Gasteiger partial charge < -0.3 is 10.2 Å². The summed E-state index contributed by atoms with van der Waals surface area (Å²) in [4.78, 5) is 24.1. The maximum Gasteiger partial charge on any atom is 0.337 e. The predicted molar refractivity (Wildman–Crippen MR) is 118 cm³/mol. The molecule has 0 radical (unpaired) electrons. The topological polar surface area (TPSA) is 87.5 Å². The summed E-state index contributed by atoms with van der Waals surface area (Å²) in [5, 5.41) is 16.8. The first-order valence-electron chi connectivity index (χ1n) is 10.7. The summed E-state index contributed by atoms with van der Waals surface area (Å²) >= 11 is 0. The first kappa shape index (κ1) is 26.6. The summed E-state index contributed by atoms with van der Waals surface area (Å²) in [7, 11) is 0. The van der Waals surface area contributed by atoms with Crippen molar-refractivity contribution >= 4 is 11.9 Å². The van der Waals surface area contributed by atoms with Crippen LogP contribution in [-0.4, -0.2) is 27.1 Å². The third-order valence-corrected chi connectivity index (χ3v) is 4.25. The Bertz CT molecular complexity index is 582. The molecule has 0 fully saturated rings. The van der Waals surface area contributed by atoms with Crippen molar-refractivity contribution in [2.24, 2.45) is 0 Å². The minimum Gasteiger partial charge on any atom is -0.481 e. The molecular weight excluding hydrogens is 366 g/mol. The van der Waals surface area contributed by atoms with Crippen LogP contribution in [0.5, 0.6) is 0 Å². The second kappa shape index (κ2) is 20.3. The van der Waals surface area contributed by atoms with Gasteiger partial charge in [-0.25, -0.2) is 4.79 Å². The van der Waals surface area contributed by atoms with E-state index >= 15 is 0 Å². The van der Waals surface area contributed by atoms with Gasteiger partial charge >= 0.3 is 11.9 Å². The Morgan fingerprint density at radius 3 is 2.03 bits per heavy atom. The fourth-order valence-corrected chi connectivity index (χ4v) is 2.58. The van der Waals surface area contributed by atoms with Crippen LogP contribution in [0, 0.1) is 0 Å². The van der Waals surface area contributed by atoms with Crippen molar-refractivity contribution in [1.29, 1.82) is 0 Å². The van der Waals surface area contributed by atoms with E-state index in [0.717, 1.165) is 25.7 Å².